The molecule has 1 aliphatic heterocycles. The van der Waals surface area contributed by atoms with Crippen LogP contribution in [-0.4, -0.2) is 77.3 Å². The summed E-state index contributed by atoms with van der Waals surface area (Å²) in [5.41, 5.74) is 1.34. The zero-order chi connectivity index (χ0) is 29.0. The Balaban J connectivity index is 1.33. The number of alkyl halides is 3. The molecule has 1 aliphatic rings. The lowest BCUT2D eigenvalue weighted by molar-refractivity contribution is -0.137. The summed E-state index contributed by atoms with van der Waals surface area (Å²) < 4.78 is 53.4. The fourth-order valence-corrected chi connectivity index (χ4v) is 4.96. The first-order chi connectivity index (χ1) is 19.7. The third-order valence-corrected chi connectivity index (χ3v) is 7.49. The van der Waals surface area contributed by atoms with E-state index in [1.165, 1.54) is 17.4 Å². The number of amides is 1. The molecule has 3 heterocycles. The van der Waals surface area contributed by atoms with Crippen LogP contribution in [0.25, 0.3) is 16.3 Å². The summed E-state index contributed by atoms with van der Waals surface area (Å²) in [4.78, 5) is 20.3. The van der Waals surface area contributed by atoms with Crippen LogP contribution < -0.4 is 15.4 Å². The Kier molecular flexibility index (Phi) is 8.52. The number of hydrogen-bond donors (Lipinski definition) is 2. The Labute approximate surface area is 238 Å². The quantitative estimate of drug-likeness (QED) is 0.290. The van der Waals surface area contributed by atoms with Crippen LogP contribution in [0.1, 0.15) is 21.5 Å². The molecule has 10 nitrogen and oxygen atoms in total. The largest absolute Gasteiger partial charge is 0.492 e. The Morgan fingerprint density at radius 2 is 1.98 bits per heavy atom. The van der Waals surface area contributed by atoms with Gasteiger partial charge in [0.15, 0.2) is 5.13 Å². The number of anilines is 2. The molecular formula is C27H28F3N7O3S. The SMILES string of the molecule is CNc1ncc(-c2cn(-c3cc(C(=O)Nc4cc(OCCN5CCOCC5)cc(C(F)(F)F)c4)ccc3C)nn2)s1. The van der Waals surface area contributed by atoms with E-state index in [9.17, 15) is 18.0 Å². The standard InChI is InChI=1S/C27H28F3N7O3S/c1-17-3-4-18(11-23(17)37-16-22(34-35-37)24-15-32-26(31-2)41-24)25(38)33-20-12-19(27(28,29)30)13-21(14-20)40-10-7-36-5-8-39-9-6-36/h3-4,11-16H,5-10H2,1-2H3,(H,31,32)(H,33,38). The number of ether oxygens (including phenoxy) is 2. The van der Waals surface area contributed by atoms with Gasteiger partial charge in [0.05, 0.1) is 35.5 Å². The van der Waals surface area contributed by atoms with Gasteiger partial charge >= 0.3 is 6.18 Å². The fourth-order valence-electron chi connectivity index (χ4n) is 4.24. The highest BCUT2D eigenvalue weighted by Gasteiger charge is 2.32. The van der Waals surface area contributed by atoms with E-state index in [4.69, 9.17) is 9.47 Å². The topological polar surface area (TPSA) is 106 Å². The maximum Gasteiger partial charge on any atom is 0.416 e. The minimum atomic E-state index is -4.61. The molecular weight excluding hydrogens is 559 g/mol. The van der Waals surface area contributed by atoms with Crippen molar-refractivity contribution in [1.29, 1.82) is 0 Å². The van der Waals surface area contributed by atoms with Gasteiger partial charge in [0.25, 0.3) is 5.91 Å². The van der Waals surface area contributed by atoms with Crippen molar-refractivity contribution >= 4 is 28.1 Å². The van der Waals surface area contributed by atoms with E-state index in [0.29, 0.717) is 31.1 Å². The van der Waals surface area contributed by atoms with E-state index in [2.05, 4.69) is 30.8 Å². The van der Waals surface area contributed by atoms with Crippen molar-refractivity contribution in [3.05, 3.63) is 65.5 Å². The van der Waals surface area contributed by atoms with Crippen LogP contribution in [0.15, 0.2) is 48.8 Å². The second-order valence-corrected chi connectivity index (χ2v) is 10.4. The fraction of sp³-hybridized carbons (Fsp3) is 0.333. The minimum absolute atomic E-state index is 0.0209. The van der Waals surface area contributed by atoms with Crippen molar-refractivity contribution in [1.82, 2.24) is 24.9 Å². The zero-order valence-corrected chi connectivity index (χ0v) is 23.2. The monoisotopic (exact) mass is 587 g/mol. The Morgan fingerprint density at radius 1 is 1.17 bits per heavy atom. The molecule has 216 valence electrons. The van der Waals surface area contributed by atoms with Crippen LogP contribution in [0.3, 0.4) is 0 Å². The maximum atomic E-state index is 13.6. The highest BCUT2D eigenvalue weighted by molar-refractivity contribution is 7.18. The number of carbonyl (C=O) groups excluding carboxylic acids is 1. The van der Waals surface area contributed by atoms with Gasteiger partial charge in [0.1, 0.15) is 18.1 Å². The number of rotatable bonds is 9. The summed E-state index contributed by atoms with van der Waals surface area (Å²) in [5, 5.41) is 14.7. The normalized spacial score (nSPS) is 14.2. The average Bonchev–Trinajstić information content (AvgIpc) is 3.63. The lowest BCUT2D eigenvalue weighted by Gasteiger charge is -2.26. The maximum absolute atomic E-state index is 13.6. The van der Waals surface area contributed by atoms with Crippen molar-refractivity contribution in [2.45, 2.75) is 13.1 Å². The summed E-state index contributed by atoms with van der Waals surface area (Å²) in [7, 11) is 1.78. The van der Waals surface area contributed by atoms with Crippen molar-refractivity contribution < 1.29 is 27.4 Å². The summed E-state index contributed by atoms with van der Waals surface area (Å²) in [5.74, 6) is -0.557. The number of nitrogens with zero attached hydrogens (tertiary/aromatic N) is 5. The number of aryl methyl sites for hydroxylation is 1. The van der Waals surface area contributed by atoms with Gasteiger partial charge < -0.3 is 20.1 Å². The molecule has 0 radical (unpaired) electrons. The molecule has 5 rings (SSSR count). The van der Waals surface area contributed by atoms with E-state index in [1.807, 2.05) is 6.92 Å². The van der Waals surface area contributed by atoms with E-state index >= 15 is 0 Å². The predicted molar refractivity (Wildman–Crippen MR) is 149 cm³/mol. The molecule has 2 N–H and O–H groups in total. The first-order valence-corrected chi connectivity index (χ1v) is 13.6. The summed E-state index contributed by atoms with van der Waals surface area (Å²) in [6.45, 7) is 5.32. The van der Waals surface area contributed by atoms with E-state index < -0.39 is 17.6 Å². The number of hydrogen-bond acceptors (Lipinski definition) is 9. The average molecular weight is 588 g/mol. The lowest BCUT2D eigenvalue weighted by atomic mass is 10.1. The predicted octanol–water partition coefficient (Wildman–Crippen LogP) is 4.72. The van der Waals surface area contributed by atoms with E-state index in [-0.39, 0.29) is 23.6 Å². The molecule has 0 atom stereocenters. The van der Waals surface area contributed by atoms with Gasteiger partial charge in [-0.3, -0.25) is 9.69 Å². The van der Waals surface area contributed by atoms with E-state index in [1.54, 1.807) is 42.3 Å². The van der Waals surface area contributed by atoms with Gasteiger partial charge in [-0.05, 0) is 36.8 Å². The van der Waals surface area contributed by atoms with Crippen molar-refractivity contribution in [3.8, 4) is 22.0 Å². The molecule has 1 saturated heterocycles. The van der Waals surface area contributed by atoms with Crippen LogP contribution >= 0.6 is 11.3 Å². The van der Waals surface area contributed by atoms with Crippen LogP contribution in [0.5, 0.6) is 5.75 Å². The van der Waals surface area contributed by atoms with Crippen LogP contribution in [0, 0.1) is 6.92 Å². The Hall–Kier alpha value is -4.01. The first-order valence-electron chi connectivity index (χ1n) is 12.8. The van der Waals surface area contributed by atoms with Gasteiger partial charge in [-0.2, -0.15) is 13.2 Å². The number of carbonyl (C=O) groups is 1. The van der Waals surface area contributed by atoms with Crippen LogP contribution in [-0.2, 0) is 10.9 Å². The van der Waals surface area contributed by atoms with Gasteiger partial charge in [0.2, 0.25) is 0 Å². The molecule has 0 unspecified atom stereocenters. The minimum Gasteiger partial charge on any atom is -0.492 e. The molecule has 1 amide bonds. The summed E-state index contributed by atoms with van der Waals surface area (Å²) in [6, 6.07) is 8.16. The second kappa shape index (κ2) is 12.2. The molecule has 14 heteroatoms. The molecule has 4 aromatic rings. The molecule has 2 aromatic heterocycles. The first kappa shape index (κ1) is 28.5. The zero-order valence-electron chi connectivity index (χ0n) is 22.4. The Bertz CT molecular complexity index is 1520. The number of benzene rings is 2. The smallest absolute Gasteiger partial charge is 0.416 e. The van der Waals surface area contributed by atoms with E-state index in [0.717, 1.165) is 40.8 Å². The highest BCUT2D eigenvalue weighted by atomic mass is 32.1. The van der Waals surface area contributed by atoms with Crippen molar-refractivity contribution in [2.24, 2.45) is 0 Å². The third kappa shape index (κ3) is 7.01. The second-order valence-electron chi connectivity index (χ2n) is 9.33. The number of nitrogens with one attached hydrogen (secondary N) is 2. The third-order valence-electron chi connectivity index (χ3n) is 6.46. The van der Waals surface area contributed by atoms with Crippen LogP contribution in [0.4, 0.5) is 24.0 Å². The Morgan fingerprint density at radius 3 is 2.71 bits per heavy atom. The number of halogens is 3. The van der Waals surface area contributed by atoms with Gasteiger partial charge in [0, 0.05) is 50.2 Å². The molecule has 1 fully saturated rings. The summed E-state index contributed by atoms with van der Waals surface area (Å²) >= 11 is 1.42. The highest BCUT2D eigenvalue weighted by Crippen LogP contribution is 2.34. The summed E-state index contributed by atoms with van der Waals surface area (Å²) in [6.07, 6.45) is -1.20. The molecule has 0 spiro atoms. The molecule has 0 aliphatic carbocycles. The number of aromatic nitrogens is 4. The van der Waals surface area contributed by atoms with Crippen molar-refractivity contribution in [3.63, 3.8) is 0 Å². The molecule has 0 bridgehead atoms. The van der Waals surface area contributed by atoms with Gasteiger partial charge in [-0.1, -0.05) is 22.6 Å². The number of morpholine rings is 1. The number of thiazole rings is 1. The lowest BCUT2D eigenvalue weighted by Crippen LogP contribution is -2.38. The van der Waals surface area contributed by atoms with Crippen LogP contribution in [0.2, 0.25) is 0 Å². The van der Waals surface area contributed by atoms with Gasteiger partial charge in [-0.15, -0.1) is 5.10 Å². The van der Waals surface area contributed by atoms with Crippen molar-refractivity contribution in [2.75, 3.05) is 57.1 Å². The molecule has 2 aromatic carbocycles. The molecule has 41 heavy (non-hydrogen) atoms. The van der Waals surface area contributed by atoms with Gasteiger partial charge in [-0.25, -0.2) is 9.67 Å². The molecule has 0 saturated carbocycles.